The van der Waals surface area contributed by atoms with Crippen LogP contribution >= 0.6 is 11.3 Å². The van der Waals surface area contributed by atoms with Crippen molar-refractivity contribution in [3.8, 4) is 0 Å². The highest BCUT2D eigenvalue weighted by Gasteiger charge is 2.10. The molecule has 0 fully saturated rings. The summed E-state index contributed by atoms with van der Waals surface area (Å²) in [5, 5.41) is 4.30. The first-order chi connectivity index (χ1) is 12.9. The number of fused-ring (bicyclic) bond motifs is 1. The number of anilines is 1. The van der Waals surface area contributed by atoms with Crippen molar-refractivity contribution in [2.24, 2.45) is 0 Å². The van der Waals surface area contributed by atoms with Crippen molar-refractivity contribution >= 4 is 48.7 Å². The lowest BCUT2D eigenvalue weighted by atomic mass is 10.2. The van der Waals surface area contributed by atoms with E-state index in [9.17, 15) is 13.2 Å². The van der Waals surface area contributed by atoms with Crippen LogP contribution in [0.15, 0.2) is 53.9 Å². The fraction of sp³-hybridized carbons (Fsp3) is 0.158. The molecule has 1 amide bonds. The van der Waals surface area contributed by atoms with Gasteiger partial charge in [0.2, 0.25) is 15.9 Å². The van der Waals surface area contributed by atoms with Gasteiger partial charge in [-0.15, -0.1) is 0 Å². The number of nitrogens with one attached hydrogen (secondary N) is 2. The topological polar surface area (TPSA) is 88.2 Å². The van der Waals surface area contributed by atoms with Gasteiger partial charge in [-0.25, -0.2) is 18.1 Å². The quantitative estimate of drug-likeness (QED) is 0.634. The second-order valence-electron chi connectivity index (χ2n) is 5.94. The minimum Gasteiger partial charge on any atom is -0.302 e. The van der Waals surface area contributed by atoms with E-state index < -0.39 is 10.0 Å². The standard InChI is InChI=1S/C19H19N3O3S2/c1-14-6-8-15(9-7-14)11-13-27(24,25)20-12-10-18(23)22-19-21-16-4-2-3-5-17(16)26-19/h2-9,11,13,20H,10,12H2,1H3,(H,21,22,23)/b13-11+. The molecular formula is C19H19N3O3S2. The highest BCUT2D eigenvalue weighted by atomic mass is 32.2. The van der Waals surface area contributed by atoms with Crippen LogP contribution in [0.5, 0.6) is 0 Å². The number of nitrogens with zero attached hydrogens (tertiary/aromatic N) is 1. The summed E-state index contributed by atoms with van der Waals surface area (Å²) in [6.45, 7) is 1.97. The summed E-state index contributed by atoms with van der Waals surface area (Å²) >= 11 is 1.38. The van der Waals surface area contributed by atoms with Crippen LogP contribution in [0.3, 0.4) is 0 Å². The van der Waals surface area contributed by atoms with Gasteiger partial charge in [0.15, 0.2) is 5.13 Å². The number of carbonyl (C=O) groups is 1. The van der Waals surface area contributed by atoms with E-state index in [4.69, 9.17) is 0 Å². The van der Waals surface area contributed by atoms with Crippen LogP contribution in [-0.2, 0) is 14.8 Å². The van der Waals surface area contributed by atoms with Gasteiger partial charge in [-0.05, 0) is 30.7 Å². The maximum atomic E-state index is 12.0. The molecule has 27 heavy (non-hydrogen) atoms. The monoisotopic (exact) mass is 401 g/mol. The van der Waals surface area contributed by atoms with Crippen molar-refractivity contribution in [2.45, 2.75) is 13.3 Å². The molecule has 0 unspecified atom stereocenters. The molecule has 0 aliphatic heterocycles. The van der Waals surface area contributed by atoms with E-state index in [0.29, 0.717) is 5.13 Å². The summed E-state index contributed by atoms with van der Waals surface area (Å²) < 4.78 is 27.3. The van der Waals surface area contributed by atoms with Gasteiger partial charge in [0.05, 0.1) is 10.2 Å². The summed E-state index contributed by atoms with van der Waals surface area (Å²) in [6.07, 6.45) is 1.54. The van der Waals surface area contributed by atoms with E-state index in [1.165, 1.54) is 17.4 Å². The Balaban J connectivity index is 1.49. The number of sulfonamides is 1. The number of hydrogen-bond acceptors (Lipinski definition) is 5. The zero-order valence-electron chi connectivity index (χ0n) is 14.7. The highest BCUT2D eigenvalue weighted by molar-refractivity contribution is 7.92. The molecule has 2 N–H and O–H groups in total. The molecule has 0 saturated carbocycles. The average Bonchev–Trinajstić information content (AvgIpc) is 3.03. The van der Waals surface area contributed by atoms with Crippen LogP contribution in [0.4, 0.5) is 5.13 Å². The predicted molar refractivity (Wildman–Crippen MR) is 110 cm³/mol. The van der Waals surface area contributed by atoms with Crippen molar-refractivity contribution in [2.75, 3.05) is 11.9 Å². The fourth-order valence-electron chi connectivity index (χ4n) is 2.31. The van der Waals surface area contributed by atoms with Gasteiger partial charge in [0.25, 0.3) is 0 Å². The van der Waals surface area contributed by atoms with Crippen molar-refractivity contribution in [1.29, 1.82) is 0 Å². The van der Waals surface area contributed by atoms with Gasteiger partial charge < -0.3 is 5.32 Å². The molecule has 0 aliphatic rings. The number of rotatable bonds is 7. The number of aryl methyl sites for hydroxylation is 1. The fourth-order valence-corrected chi connectivity index (χ4v) is 4.01. The molecule has 0 radical (unpaired) electrons. The second kappa shape index (κ2) is 8.43. The summed E-state index contributed by atoms with van der Waals surface area (Å²) in [6, 6.07) is 15.1. The van der Waals surface area contributed by atoms with Crippen molar-refractivity contribution < 1.29 is 13.2 Å². The Kier molecular flexibility index (Phi) is 6.00. The third-order valence-electron chi connectivity index (χ3n) is 3.71. The SMILES string of the molecule is Cc1ccc(/C=C/S(=O)(=O)NCCC(=O)Nc2nc3ccccc3s2)cc1. The number of aromatic nitrogens is 1. The molecule has 8 heteroatoms. The molecule has 0 spiro atoms. The first kappa shape index (κ1) is 19.2. The summed E-state index contributed by atoms with van der Waals surface area (Å²) in [5.74, 6) is -0.292. The minimum atomic E-state index is -3.60. The number of carbonyl (C=O) groups excluding carboxylic acids is 1. The van der Waals surface area contributed by atoms with Crippen LogP contribution in [0, 0.1) is 6.92 Å². The summed E-state index contributed by atoms with van der Waals surface area (Å²) in [4.78, 5) is 16.3. The van der Waals surface area contributed by atoms with E-state index in [1.807, 2.05) is 55.5 Å². The van der Waals surface area contributed by atoms with Gasteiger partial charge in [0, 0.05) is 18.4 Å². The zero-order chi connectivity index (χ0) is 19.3. The Morgan fingerprint density at radius 2 is 1.89 bits per heavy atom. The van der Waals surface area contributed by atoms with Gasteiger partial charge >= 0.3 is 0 Å². The molecule has 0 aliphatic carbocycles. The Bertz CT molecular complexity index is 1040. The molecule has 0 saturated heterocycles. The molecule has 3 aromatic rings. The van der Waals surface area contributed by atoms with E-state index >= 15 is 0 Å². The first-order valence-corrected chi connectivity index (χ1v) is 10.7. The Morgan fingerprint density at radius 3 is 2.63 bits per heavy atom. The molecule has 1 heterocycles. The molecule has 140 valence electrons. The zero-order valence-corrected chi connectivity index (χ0v) is 16.3. The third kappa shape index (κ3) is 5.72. The maximum absolute atomic E-state index is 12.0. The van der Waals surface area contributed by atoms with Gasteiger partial charge in [-0.3, -0.25) is 4.79 Å². The first-order valence-electron chi connectivity index (χ1n) is 8.31. The molecule has 2 aromatic carbocycles. The third-order valence-corrected chi connectivity index (χ3v) is 5.77. The van der Waals surface area contributed by atoms with Gasteiger partial charge in [-0.1, -0.05) is 53.3 Å². The highest BCUT2D eigenvalue weighted by Crippen LogP contribution is 2.25. The molecule has 3 rings (SSSR count). The van der Waals surface area contributed by atoms with Crippen molar-refractivity contribution in [3.63, 3.8) is 0 Å². The largest absolute Gasteiger partial charge is 0.302 e. The summed E-state index contributed by atoms with van der Waals surface area (Å²) in [5.41, 5.74) is 2.71. The van der Waals surface area contributed by atoms with E-state index in [0.717, 1.165) is 26.8 Å². The lowest BCUT2D eigenvalue weighted by Crippen LogP contribution is -2.26. The van der Waals surface area contributed by atoms with Crippen molar-refractivity contribution in [3.05, 3.63) is 65.1 Å². The van der Waals surface area contributed by atoms with E-state index in [-0.39, 0.29) is 18.9 Å². The smallest absolute Gasteiger partial charge is 0.233 e. The van der Waals surface area contributed by atoms with Crippen LogP contribution in [0.2, 0.25) is 0 Å². The summed E-state index contributed by atoms with van der Waals surface area (Å²) in [7, 11) is -3.60. The normalized spacial score (nSPS) is 11.9. The van der Waals surface area contributed by atoms with E-state index in [1.54, 1.807) is 0 Å². The Labute approximate surface area is 162 Å². The van der Waals surface area contributed by atoms with E-state index in [2.05, 4.69) is 15.0 Å². The second-order valence-corrected chi connectivity index (χ2v) is 8.62. The number of thiazole rings is 1. The van der Waals surface area contributed by atoms with Crippen LogP contribution in [0.1, 0.15) is 17.5 Å². The van der Waals surface area contributed by atoms with Crippen LogP contribution in [0.25, 0.3) is 16.3 Å². The lowest BCUT2D eigenvalue weighted by Gasteiger charge is -2.03. The predicted octanol–water partition coefficient (Wildman–Crippen LogP) is 3.52. The average molecular weight is 402 g/mol. The molecule has 0 atom stereocenters. The Morgan fingerprint density at radius 1 is 1.15 bits per heavy atom. The van der Waals surface area contributed by atoms with Crippen molar-refractivity contribution in [1.82, 2.24) is 9.71 Å². The number of hydrogen-bond donors (Lipinski definition) is 2. The van der Waals surface area contributed by atoms with Crippen LogP contribution < -0.4 is 10.0 Å². The number of amides is 1. The molecule has 6 nitrogen and oxygen atoms in total. The maximum Gasteiger partial charge on any atom is 0.233 e. The molecule has 0 bridgehead atoms. The Hall–Kier alpha value is -2.55. The van der Waals surface area contributed by atoms with Crippen LogP contribution in [-0.4, -0.2) is 25.9 Å². The molecule has 1 aromatic heterocycles. The minimum absolute atomic E-state index is 0.0112. The lowest BCUT2D eigenvalue weighted by molar-refractivity contribution is -0.116. The van der Waals surface area contributed by atoms with Gasteiger partial charge in [0.1, 0.15) is 0 Å². The number of benzene rings is 2. The molecular weight excluding hydrogens is 382 g/mol. The number of para-hydroxylation sites is 1. The van der Waals surface area contributed by atoms with Gasteiger partial charge in [-0.2, -0.15) is 0 Å².